The van der Waals surface area contributed by atoms with E-state index >= 15 is 0 Å². The standard InChI is InChI=1S/C18H13F6N5O/c19-17(20,21)10-5-3-9(4-6-10)11(8-13(30)15-27-16(25)29-28-15)14-12(18(22,23)24)2-1-7-26-14/h1-7,11H,8H2,(H3,25,27,28,29)/t11-/m0/s1. The number of nitrogens with one attached hydrogen (secondary N) is 1. The van der Waals surface area contributed by atoms with Crippen molar-refractivity contribution in [1.82, 2.24) is 20.2 Å². The van der Waals surface area contributed by atoms with Gasteiger partial charge in [-0.2, -0.15) is 31.3 Å². The molecule has 0 saturated carbocycles. The predicted octanol–water partition coefficient (Wildman–Crippen LogP) is 4.22. The molecule has 1 aromatic carbocycles. The molecule has 158 valence electrons. The molecule has 6 nitrogen and oxygen atoms in total. The number of hydrogen-bond donors (Lipinski definition) is 2. The van der Waals surface area contributed by atoms with Gasteiger partial charge < -0.3 is 5.73 Å². The number of pyridine rings is 1. The monoisotopic (exact) mass is 429 g/mol. The highest BCUT2D eigenvalue weighted by Gasteiger charge is 2.37. The van der Waals surface area contributed by atoms with Crippen LogP contribution in [0, 0.1) is 0 Å². The van der Waals surface area contributed by atoms with Crippen molar-refractivity contribution in [3.05, 3.63) is 70.8 Å². The number of carbonyl (C=O) groups excluding carboxylic acids is 1. The minimum Gasteiger partial charge on any atom is -0.366 e. The Labute approximate surface area is 165 Å². The van der Waals surface area contributed by atoms with Crippen LogP contribution in [0.5, 0.6) is 0 Å². The number of H-pyrrole nitrogens is 1. The number of benzene rings is 1. The summed E-state index contributed by atoms with van der Waals surface area (Å²) in [5.74, 6) is -2.54. The van der Waals surface area contributed by atoms with Gasteiger partial charge in [-0.3, -0.25) is 14.9 Å². The van der Waals surface area contributed by atoms with Gasteiger partial charge in [-0.15, -0.1) is 5.10 Å². The topological polar surface area (TPSA) is 97.5 Å². The minimum absolute atomic E-state index is 0.0491. The number of hydrogen-bond acceptors (Lipinski definition) is 5. The van der Waals surface area contributed by atoms with Crippen molar-refractivity contribution in [3.8, 4) is 0 Å². The molecule has 0 spiro atoms. The quantitative estimate of drug-likeness (QED) is 0.468. The van der Waals surface area contributed by atoms with Crippen LogP contribution >= 0.6 is 0 Å². The third-order valence-electron chi connectivity index (χ3n) is 4.27. The second kappa shape index (κ2) is 7.76. The lowest BCUT2D eigenvalue weighted by Gasteiger charge is -2.21. The molecule has 1 atom stereocenters. The van der Waals surface area contributed by atoms with Crippen LogP contribution in [0.25, 0.3) is 0 Å². The van der Waals surface area contributed by atoms with E-state index in [2.05, 4.69) is 20.2 Å². The average molecular weight is 429 g/mol. The van der Waals surface area contributed by atoms with Gasteiger partial charge in [0.2, 0.25) is 11.7 Å². The normalized spacial score (nSPS) is 13.3. The van der Waals surface area contributed by atoms with Crippen molar-refractivity contribution in [1.29, 1.82) is 0 Å². The lowest BCUT2D eigenvalue weighted by atomic mass is 9.87. The number of nitrogens with two attached hydrogens (primary N) is 1. The molecule has 12 heteroatoms. The molecule has 0 saturated heterocycles. The number of aromatic amines is 1. The number of Topliss-reactive ketones (excluding diaryl/α,β-unsaturated/α-hetero) is 1. The van der Waals surface area contributed by atoms with Crippen molar-refractivity contribution >= 4 is 11.7 Å². The number of ketones is 1. The predicted molar refractivity (Wildman–Crippen MR) is 92.3 cm³/mol. The van der Waals surface area contributed by atoms with Crippen LogP contribution in [0.1, 0.15) is 45.3 Å². The molecule has 0 radical (unpaired) electrons. The Morgan fingerprint density at radius 1 is 1.03 bits per heavy atom. The van der Waals surface area contributed by atoms with E-state index in [1.807, 2.05) is 0 Å². The second-order valence-electron chi connectivity index (χ2n) is 6.28. The van der Waals surface area contributed by atoms with Gasteiger partial charge in [-0.05, 0) is 29.8 Å². The SMILES string of the molecule is Nc1n[nH]c(C(=O)C[C@@H](c2ccc(C(F)(F)F)cc2)c2ncccc2C(F)(F)F)n1. The molecule has 3 aromatic rings. The summed E-state index contributed by atoms with van der Waals surface area (Å²) in [5, 5.41) is 5.75. The van der Waals surface area contributed by atoms with Crippen molar-refractivity contribution in [3.63, 3.8) is 0 Å². The molecule has 2 aromatic heterocycles. The molecule has 0 aliphatic rings. The summed E-state index contributed by atoms with van der Waals surface area (Å²) in [5.41, 5.74) is 2.82. The molecule has 0 aliphatic carbocycles. The molecular formula is C18H13F6N5O. The van der Waals surface area contributed by atoms with E-state index in [9.17, 15) is 31.1 Å². The number of nitrogens with zero attached hydrogens (tertiary/aromatic N) is 3. The van der Waals surface area contributed by atoms with Gasteiger partial charge in [-0.25, -0.2) is 0 Å². The van der Waals surface area contributed by atoms with Gasteiger partial charge in [0.25, 0.3) is 0 Å². The van der Waals surface area contributed by atoms with E-state index in [1.54, 1.807) is 0 Å². The van der Waals surface area contributed by atoms with Crippen molar-refractivity contribution < 1.29 is 31.1 Å². The van der Waals surface area contributed by atoms with Gasteiger partial charge in [0.05, 0.1) is 16.8 Å². The summed E-state index contributed by atoms with van der Waals surface area (Å²) in [6, 6.07) is 5.37. The van der Waals surface area contributed by atoms with Crippen LogP contribution in [-0.2, 0) is 12.4 Å². The first-order valence-electron chi connectivity index (χ1n) is 8.37. The number of alkyl halides is 6. The molecule has 2 heterocycles. The van der Waals surface area contributed by atoms with Gasteiger partial charge in [0, 0.05) is 18.5 Å². The largest absolute Gasteiger partial charge is 0.418 e. The van der Waals surface area contributed by atoms with Crippen molar-refractivity contribution in [2.24, 2.45) is 0 Å². The Kier molecular flexibility index (Phi) is 5.51. The Morgan fingerprint density at radius 3 is 2.23 bits per heavy atom. The lowest BCUT2D eigenvalue weighted by molar-refractivity contribution is -0.139. The third kappa shape index (κ3) is 4.58. The summed E-state index contributed by atoms with van der Waals surface area (Å²) < 4.78 is 79.0. The van der Waals surface area contributed by atoms with E-state index < -0.39 is 47.3 Å². The zero-order valence-corrected chi connectivity index (χ0v) is 14.9. The number of rotatable bonds is 5. The minimum atomic E-state index is -4.78. The fourth-order valence-electron chi connectivity index (χ4n) is 2.89. The van der Waals surface area contributed by atoms with Gasteiger partial charge in [-0.1, -0.05) is 12.1 Å². The molecule has 3 rings (SSSR count). The fourth-order valence-corrected chi connectivity index (χ4v) is 2.89. The van der Waals surface area contributed by atoms with E-state index in [0.717, 1.165) is 42.6 Å². The number of nitrogen functional groups attached to an aromatic ring is 1. The summed E-state index contributed by atoms with van der Waals surface area (Å²) in [4.78, 5) is 19.9. The van der Waals surface area contributed by atoms with Crippen molar-refractivity contribution in [2.45, 2.75) is 24.7 Å². The first kappa shape index (κ1) is 21.3. The van der Waals surface area contributed by atoms with Crippen LogP contribution in [0.4, 0.5) is 32.3 Å². The Morgan fingerprint density at radius 2 is 1.70 bits per heavy atom. The molecule has 0 aliphatic heterocycles. The van der Waals surface area contributed by atoms with Gasteiger partial charge in [0.15, 0.2) is 5.82 Å². The van der Waals surface area contributed by atoms with Crippen LogP contribution in [0.15, 0.2) is 42.6 Å². The molecule has 0 fully saturated rings. The first-order chi connectivity index (χ1) is 14.0. The first-order valence-corrected chi connectivity index (χ1v) is 8.37. The number of carbonyl (C=O) groups is 1. The van der Waals surface area contributed by atoms with E-state index in [0.29, 0.717) is 0 Å². The summed E-state index contributed by atoms with van der Waals surface area (Å²) in [6.07, 6.45) is -8.85. The van der Waals surface area contributed by atoms with Crippen LogP contribution in [-0.4, -0.2) is 25.9 Å². The van der Waals surface area contributed by atoms with Gasteiger partial charge in [0.1, 0.15) is 0 Å². The molecular weight excluding hydrogens is 416 g/mol. The highest BCUT2D eigenvalue weighted by atomic mass is 19.4. The molecule has 30 heavy (non-hydrogen) atoms. The van der Waals surface area contributed by atoms with Crippen molar-refractivity contribution in [2.75, 3.05) is 5.73 Å². The molecule has 0 bridgehead atoms. The maximum Gasteiger partial charge on any atom is 0.418 e. The van der Waals surface area contributed by atoms with E-state index in [-0.39, 0.29) is 17.3 Å². The summed E-state index contributed by atoms with van der Waals surface area (Å²) in [6.45, 7) is 0. The smallest absolute Gasteiger partial charge is 0.366 e. The number of halogens is 6. The average Bonchev–Trinajstić information content (AvgIpc) is 3.11. The summed E-state index contributed by atoms with van der Waals surface area (Å²) >= 11 is 0. The number of aromatic nitrogens is 4. The lowest BCUT2D eigenvalue weighted by Crippen LogP contribution is -2.18. The molecule has 3 N–H and O–H groups in total. The zero-order valence-electron chi connectivity index (χ0n) is 14.9. The fraction of sp³-hybridized carbons (Fsp3) is 0.222. The maximum absolute atomic E-state index is 13.5. The Balaban J connectivity index is 2.07. The van der Waals surface area contributed by atoms with Crippen LogP contribution in [0.2, 0.25) is 0 Å². The Bertz CT molecular complexity index is 1040. The van der Waals surface area contributed by atoms with Crippen LogP contribution in [0.3, 0.4) is 0 Å². The molecule has 0 amide bonds. The van der Waals surface area contributed by atoms with Gasteiger partial charge >= 0.3 is 12.4 Å². The maximum atomic E-state index is 13.5. The highest BCUT2D eigenvalue weighted by molar-refractivity contribution is 5.93. The van der Waals surface area contributed by atoms with E-state index in [1.165, 1.54) is 0 Å². The molecule has 0 unspecified atom stereocenters. The second-order valence-corrected chi connectivity index (χ2v) is 6.28. The zero-order chi connectivity index (χ0) is 22.1. The van der Waals surface area contributed by atoms with E-state index in [4.69, 9.17) is 5.73 Å². The highest BCUT2D eigenvalue weighted by Crippen LogP contribution is 2.39. The number of anilines is 1. The third-order valence-corrected chi connectivity index (χ3v) is 4.27. The Hall–Kier alpha value is -3.44. The summed E-state index contributed by atoms with van der Waals surface area (Å²) in [7, 11) is 0. The van der Waals surface area contributed by atoms with Crippen LogP contribution < -0.4 is 5.73 Å².